The van der Waals surface area contributed by atoms with E-state index < -0.39 is 11.9 Å². The van der Waals surface area contributed by atoms with E-state index in [4.69, 9.17) is 23.2 Å². The molecule has 0 spiro atoms. The maximum Gasteiger partial charge on any atom is 0.337 e. The first-order valence-corrected chi connectivity index (χ1v) is 6.69. The summed E-state index contributed by atoms with van der Waals surface area (Å²) in [5, 5.41) is 3.17. The highest BCUT2D eigenvalue weighted by molar-refractivity contribution is 6.42. The summed E-state index contributed by atoms with van der Waals surface area (Å²) in [7, 11) is 0. The Morgan fingerprint density at radius 1 is 0.857 bits per heavy atom. The molecule has 0 radical (unpaired) electrons. The van der Waals surface area contributed by atoms with Crippen LogP contribution >= 0.6 is 23.2 Å². The van der Waals surface area contributed by atoms with E-state index in [1.807, 2.05) is 6.07 Å². The highest BCUT2D eigenvalue weighted by Gasteiger charge is 2.09. The van der Waals surface area contributed by atoms with Gasteiger partial charge in [0.15, 0.2) is 0 Å². The van der Waals surface area contributed by atoms with Gasteiger partial charge >= 0.3 is 6.03 Å². The Hall–Kier alpha value is -2.24. The Labute approximate surface area is 131 Å². The third-order valence-electron chi connectivity index (χ3n) is 2.50. The molecule has 0 atom stereocenters. The number of anilines is 1. The van der Waals surface area contributed by atoms with E-state index in [1.54, 1.807) is 24.3 Å². The first kappa shape index (κ1) is 15.2. The van der Waals surface area contributed by atoms with Crippen LogP contribution in [0.15, 0.2) is 48.5 Å². The zero-order chi connectivity index (χ0) is 15.2. The molecular formula is C14H11Cl2N3O2. The molecule has 2 rings (SSSR count). The first-order chi connectivity index (χ1) is 10.1. The number of hydrogen-bond donors (Lipinski definition) is 3. The van der Waals surface area contributed by atoms with Crippen LogP contribution in [0.4, 0.5) is 10.5 Å². The van der Waals surface area contributed by atoms with Crippen LogP contribution in [-0.2, 0) is 0 Å². The van der Waals surface area contributed by atoms with Crippen LogP contribution in [0.5, 0.6) is 0 Å². The lowest BCUT2D eigenvalue weighted by atomic mass is 10.2. The zero-order valence-electron chi connectivity index (χ0n) is 10.7. The molecule has 0 heterocycles. The van der Waals surface area contributed by atoms with Crippen molar-refractivity contribution < 1.29 is 9.59 Å². The number of benzene rings is 2. The standard InChI is InChI=1S/C14H11Cl2N3O2/c15-11-7-6-9(8-12(11)16)13(20)18-19-14(21)17-10-4-2-1-3-5-10/h1-8H,(H,18,20)(H2,17,19,21). The molecule has 0 unspecified atom stereocenters. The largest absolute Gasteiger partial charge is 0.337 e. The fourth-order valence-corrected chi connectivity index (χ4v) is 1.80. The van der Waals surface area contributed by atoms with E-state index in [9.17, 15) is 9.59 Å². The van der Waals surface area contributed by atoms with Crippen molar-refractivity contribution in [3.05, 3.63) is 64.1 Å². The van der Waals surface area contributed by atoms with E-state index in [1.165, 1.54) is 18.2 Å². The summed E-state index contributed by atoms with van der Waals surface area (Å²) in [6.07, 6.45) is 0. The average Bonchev–Trinajstić information content (AvgIpc) is 2.48. The number of halogens is 2. The number of hydrogen-bond acceptors (Lipinski definition) is 2. The predicted molar refractivity (Wildman–Crippen MR) is 82.5 cm³/mol. The molecule has 0 saturated heterocycles. The van der Waals surface area contributed by atoms with Crippen molar-refractivity contribution >= 4 is 40.8 Å². The number of rotatable bonds is 2. The number of urea groups is 1. The molecule has 0 saturated carbocycles. The second kappa shape index (κ2) is 6.97. The minimum atomic E-state index is -0.561. The van der Waals surface area contributed by atoms with Crippen LogP contribution in [0.1, 0.15) is 10.4 Å². The number of amides is 3. The lowest BCUT2D eigenvalue weighted by molar-refractivity contribution is 0.0938. The van der Waals surface area contributed by atoms with Crippen molar-refractivity contribution in [2.75, 3.05) is 5.32 Å². The molecule has 0 bridgehead atoms. The first-order valence-electron chi connectivity index (χ1n) is 5.93. The Kier molecular flexibility index (Phi) is 5.03. The summed E-state index contributed by atoms with van der Waals surface area (Å²) in [6.45, 7) is 0. The SMILES string of the molecule is O=C(NNC(=O)c1ccc(Cl)c(Cl)c1)Nc1ccccc1. The quantitative estimate of drug-likeness (QED) is 0.741. The molecule has 2 aromatic rings. The summed E-state index contributed by atoms with van der Waals surface area (Å²) in [5.74, 6) is -0.503. The highest BCUT2D eigenvalue weighted by Crippen LogP contribution is 2.22. The number of hydrazine groups is 1. The fraction of sp³-hybridized carbons (Fsp3) is 0. The van der Waals surface area contributed by atoms with Gasteiger partial charge in [-0.05, 0) is 30.3 Å². The third kappa shape index (κ3) is 4.37. The van der Waals surface area contributed by atoms with Gasteiger partial charge < -0.3 is 5.32 Å². The van der Waals surface area contributed by atoms with Gasteiger partial charge in [-0.1, -0.05) is 41.4 Å². The molecule has 0 fully saturated rings. The van der Waals surface area contributed by atoms with Crippen molar-refractivity contribution in [3.63, 3.8) is 0 Å². The second-order valence-corrected chi connectivity index (χ2v) is 4.84. The summed E-state index contributed by atoms with van der Waals surface area (Å²) >= 11 is 11.6. The van der Waals surface area contributed by atoms with E-state index in [2.05, 4.69) is 16.2 Å². The molecule has 3 N–H and O–H groups in total. The van der Waals surface area contributed by atoms with E-state index in [0.717, 1.165) is 0 Å². The van der Waals surface area contributed by atoms with Gasteiger partial charge in [0.2, 0.25) is 0 Å². The molecule has 7 heteroatoms. The number of carbonyl (C=O) groups excluding carboxylic acids is 2. The van der Waals surface area contributed by atoms with Crippen molar-refractivity contribution in [1.29, 1.82) is 0 Å². The van der Waals surface area contributed by atoms with Gasteiger partial charge in [-0.15, -0.1) is 0 Å². The lowest BCUT2D eigenvalue weighted by Crippen LogP contribution is -2.43. The van der Waals surface area contributed by atoms with Gasteiger partial charge in [0.05, 0.1) is 10.0 Å². The Balaban J connectivity index is 1.89. The second-order valence-electron chi connectivity index (χ2n) is 4.03. The van der Waals surface area contributed by atoms with Crippen molar-refractivity contribution in [3.8, 4) is 0 Å². The molecule has 2 aromatic carbocycles. The Bertz CT molecular complexity index is 663. The minimum Gasteiger partial charge on any atom is -0.307 e. The van der Waals surface area contributed by atoms with Crippen molar-refractivity contribution in [2.45, 2.75) is 0 Å². The van der Waals surface area contributed by atoms with Crippen LogP contribution in [0.3, 0.4) is 0 Å². The predicted octanol–water partition coefficient (Wildman–Crippen LogP) is 3.46. The molecule has 5 nitrogen and oxygen atoms in total. The van der Waals surface area contributed by atoms with E-state index >= 15 is 0 Å². The van der Waals surface area contributed by atoms with Gasteiger partial charge in [-0.25, -0.2) is 10.2 Å². The van der Waals surface area contributed by atoms with Gasteiger partial charge in [-0.3, -0.25) is 10.2 Å². The van der Waals surface area contributed by atoms with E-state index in [0.29, 0.717) is 10.7 Å². The number of carbonyl (C=O) groups is 2. The summed E-state index contributed by atoms with van der Waals surface area (Å²) < 4.78 is 0. The molecule has 0 aliphatic carbocycles. The number of nitrogens with one attached hydrogen (secondary N) is 3. The summed E-state index contributed by atoms with van der Waals surface area (Å²) in [4.78, 5) is 23.4. The lowest BCUT2D eigenvalue weighted by Gasteiger charge is -2.09. The molecular weight excluding hydrogens is 313 g/mol. The molecule has 0 aliphatic rings. The average molecular weight is 324 g/mol. The van der Waals surface area contributed by atoms with Gasteiger partial charge in [0.1, 0.15) is 0 Å². The summed E-state index contributed by atoms with van der Waals surface area (Å²) in [5.41, 5.74) is 5.39. The Morgan fingerprint density at radius 2 is 1.57 bits per heavy atom. The monoisotopic (exact) mass is 323 g/mol. The van der Waals surface area contributed by atoms with Crippen LogP contribution in [0.25, 0.3) is 0 Å². The van der Waals surface area contributed by atoms with Crippen LogP contribution in [0.2, 0.25) is 10.0 Å². The van der Waals surface area contributed by atoms with Crippen molar-refractivity contribution in [1.82, 2.24) is 10.9 Å². The van der Waals surface area contributed by atoms with Gasteiger partial charge in [0.25, 0.3) is 5.91 Å². The molecule has 0 aromatic heterocycles. The fourth-order valence-electron chi connectivity index (χ4n) is 1.51. The minimum absolute atomic E-state index is 0.262. The molecule has 0 aliphatic heterocycles. The topological polar surface area (TPSA) is 70.2 Å². The molecule has 3 amide bonds. The molecule has 21 heavy (non-hydrogen) atoms. The molecule has 108 valence electrons. The van der Waals surface area contributed by atoms with Crippen LogP contribution in [0, 0.1) is 0 Å². The maximum atomic E-state index is 11.8. The van der Waals surface area contributed by atoms with Crippen LogP contribution in [-0.4, -0.2) is 11.9 Å². The smallest absolute Gasteiger partial charge is 0.307 e. The summed E-state index contributed by atoms with van der Waals surface area (Å²) in [6, 6.07) is 12.7. The number of para-hydroxylation sites is 1. The third-order valence-corrected chi connectivity index (χ3v) is 3.24. The van der Waals surface area contributed by atoms with Gasteiger partial charge in [-0.2, -0.15) is 0 Å². The Morgan fingerprint density at radius 3 is 2.24 bits per heavy atom. The van der Waals surface area contributed by atoms with E-state index in [-0.39, 0.29) is 10.6 Å². The van der Waals surface area contributed by atoms with Gasteiger partial charge in [0, 0.05) is 11.3 Å². The maximum absolute atomic E-state index is 11.8. The zero-order valence-corrected chi connectivity index (χ0v) is 12.2. The normalized spacial score (nSPS) is 9.81. The highest BCUT2D eigenvalue weighted by atomic mass is 35.5. The van der Waals surface area contributed by atoms with Crippen molar-refractivity contribution in [2.24, 2.45) is 0 Å². The van der Waals surface area contributed by atoms with Crippen LogP contribution < -0.4 is 16.2 Å².